The molecule has 1 aliphatic carbocycles. The molecule has 1 heterocycles. The van der Waals surface area contributed by atoms with Crippen molar-refractivity contribution < 1.29 is 8.42 Å². The predicted octanol–water partition coefficient (Wildman–Crippen LogP) is 1.22. The summed E-state index contributed by atoms with van der Waals surface area (Å²) in [5.74, 6) is 1.24. The summed E-state index contributed by atoms with van der Waals surface area (Å²) in [4.78, 5) is 7.12. The molecule has 2 rings (SSSR count). The summed E-state index contributed by atoms with van der Waals surface area (Å²) < 4.78 is 23.1. The summed E-state index contributed by atoms with van der Waals surface area (Å²) in [5.41, 5.74) is 0. The summed E-state index contributed by atoms with van der Waals surface area (Å²) in [6.45, 7) is 8.96. The van der Waals surface area contributed by atoms with Crippen LogP contribution >= 0.6 is 24.0 Å². The molecule has 0 aromatic heterocycles. The van der Waals surface area contributed by atoms with Crippen molar-refractivity contribution >= 4 is 39.8 Å². The maximum Gasteiger partial charge on any atom is 0.191 e. The Kier molecular flexibility index (Phi) is 8.57. The minimum absolute atomic E-state index is 0. The monoisotopic (exact) mass is 458 g/mol. The number of halogens is 1. The van der Waals surface area contributed by atoms with Gasteiger partial charge in [0.25, 0.3) is 0 Å². The first-order valence-corrected chi connectivity index (χ1v) is 10.2. The first kappa shape index (κ1) is 21.0. The van der Waals surface area contributed by atoms with Gasteiger partial charge in [0.1, 0.15) is 0 Å². The van der Waals surface area contributed by atoms with Crippen molar-refractivity contribution in [3.63, 3.8) is 0 Å². The fraction of sp³-hybridized carbons (Fsp3) is 0.933. The third-order valence-corrected chi connectivity index (χ3v) is 5.99. The minimum atomic E-state index is -2.86. The average Bonchev–Trinajstić information content (AvgIpc) is 3.19. The summed E-state index contributed by atoms with van der Waals surface area (Å²) in [6.07, 6.45) is 3.28. The van der Waals surface area contributed by atoms with E-state index in [2.05, 4.69) is 34.4 Å². The number of hydrogen-bond acceptors (Lipinski definition) is 4. The van der Waals surface area contributed by atoms with E-state index in [0.717, 1.165) is 31.6 Å². The molecule has 2 fully saturated rings. The molecule has 1 saturated carbocycles. The Balaban J connectivity index is 0.00000264. The van der Waals surface area contributed by atoms with Crippen LogP contribution in [0.25, 0.3) is 0 Å². The highest BCUT2D eigenvalue weighted by Gasteiger charge is 2.30. The SMILES string of the molecule is CCNC(=NCCN(C(C)C)C1CC1)NC1CCS(=O)(=O)C1.I. The van der Waals surface area contributed by atoms with Gasteiger partial charge in [0.15, 0.2) is 15.8 Å². The lowest BCUT2D eigenvalue weighted by atomic mass is 10.3. The largest absolute Gasteiger partial charge is 0.357 e. The number of nitrogens with zero attached hydrogens (tertiary/aromatic N) is 2. The van der Waals surface area contributed by atoms with E-state index < -0.39 is 9.84 Å². The quantitative estimate of drug-likeness (QED) is 0.341. The maximum absolute atomic E-state index is 11.5. The first-order chi connectivity index (χ1) is 10.4. The molecule has 0 bridgehead atoms. The molecule has 0 radical (unpaired) electrons. The highest BCUT2D eigenvalue weighted by molar-refractivity contribution is 14.0. The molecule has 23 heavy (non-hydrogen) atoms. The lowest BCUT2D eigenvalue weighted by Gasteiger charge is -2.25. The van der Waals surface area contributed by atoms with Crippen LogP contribution in [0.4, 0.5) is 0 Å². The average molecular weight is 458 g/mol. The van der Waals surface area contributed by atoms with Gasteiger partial charge in [0.2, 0.25) is 0 Å². The molecule has 2 aliphatic rings. The molecule has 6 nitrogen and oxygen atoms in total. The highest BCUT2D eigenvalue weighted by Crippen LogP contribution is 2.28. The molecule has 0 amide bonds. The van der Waals surface area contributed by atoms with Gasteiger partial charge in [-0.05, 0) is 40.0 Å². The van der Waals surface area contributed by atoms with Gasteiger partial charge in [-0.15, -0.1) is 24.0 Å². The van der Waals surface area contributed by atoms with Gasteiger partial charge in [-0.2, -0.15) is 0 Å². The molecular weight excluding hydrogens is 427 g/mol. The van der Waals surface area contributed by atoms with Crippen molar-refractivity contribution in [2.24, 2.45) is 4.99 Å². The van der Waals surface area contributed by atoms with E-state index in [1.165, 1.54) is 12.8 Å². The smallest absolute Gasteiger partial charge is 0.191 e. The van der Waals surface area contributed by atoms with Crippen molar-refractivity contribution in [2.45, 2.75) is 58.2 Å². The molecule has 8 heteroatoms. The lowest BCUT2D eigenvalue weighted by Crippen LogP contribution is -2.44. The summed E-state index contributed by atoms with van der Waals surface area (Å²) >= 11 is 0. The Labute approximate surface area is 157 Å². The topological polar surface area (TPSA) is 73.8 Å². The molecule has 1 saturated heterocycles. The van der Waals surface area contributed by atoms with Gasteiger partial charge in [-0.1, -0.05) is 0 Å². The first-order valence-electron chi connectivity index (χ1n) is 8.42. The Morgan fingerprint density at radius 2 is 2.00 bits per heavy atom. The van der Waals surface area contributed by atoms with Crippen LogP contribution in [0.2, 0.25) is 0 Å². The number of guanidine groups is 1. The van der Waals surface area contributed by atoms with Gasteiger partial charge >= 0.3 is 0 Å². The Morgan fingerprint density at radius 3 is 2.48 bits per heavy atom. The molecule has 0 spiro atoms. The zero-order chi connectivity index (χ0) is 16.2. The second-order valence-electron chi connectivity index (χ2n) is 6.57. The van der Waals surface area contributed by atoms with Crippen molar-refractivity contribution in [3.05, 3.63) is 0 Å². The van der Waals surface area contributed by atoms with E-state index in [4.69, 9.17) is 0 Å². The third-order valence-electron chi connectivity index (χ3n) is 4.22. The predicted molar refractivity (Wildman–Crippen MR) is 106 cm³/mol. The highest BCUT2D eigenvalue weighted by atomic mass is 127. The molecule has 1 atom stereocenters. The molecular formula is C15H31IN4O2S. The maximum atomic E-state index is 11.5. The number of aliphatic imine (C=N–C) groups is 1. The van der Waals surface area contributed by atoms with E-state index in [1.807, 2.05) is 6.92 Å². The van der Waals surface area contributed by atoms with Gasteiger partial charge in [-0.3, -0.25) is 9.89 Å². The molecule has 2 N–H and O–H groups in total. The van der Waals surface area contributed by atoms with E-state index >= 15 is 0 Å². The zero-order valence-corrected chi connectivity index (χ0v) is 17.6. The molecule has 136 valence electrons. The van der Waals surface area contributed by atoms with Crippen LogP contribution in [0.5, 0.6) is 0 Å². The molecule has 0 aromatic rings. The normalized spacial score (nSPS) is 23.9. The van der Waals surface area contributed by atoms with Crippen molar-refractivity contribution in [1.29, 1.82) is 0 Å². The van der Waals surface area contributed by atoms with Crippen LogP contribution in [0.3, 0.4) is 0 Å². The third kappa shape index (κ3) is 7.13. The van der Waals surface area contributed by atoms with E-state index in [-0.39, 0.29) is 41.5 Å². The Morgan fingerprint density at radius 1 is 1.30 bits per heavy atom. The Hall–Kier alpha value is -0.0900. The lowest BCUT2D eigenvalue weighted by molar-refractivity contribution is 0.218. The van der Waals surface area contributed by atoms with Crippen LogP contribution in [0.15, 0.2) is 4.99 Å². The van der Waals surface area contributed by atoms with Gasteiger partial charge in [-0.25, -0.2) is 8.42 Å². The van der Waals surface area contributed by atoms with Gasteiger partial charge in [0.05, 0.1) is 18.1 Å². The van der Waals surface area contributed by atoms with Crippen molar-refractivity contribution in [1.82, 2.24) is 15.5 Å². The van der Waals surface area contributed by atoms with Crippen molar-refractivity contribution in [2.75, 3.05) is 31.1 Å². The zero-order valence-electron chi connectivity index (χ0n) is 14.4. The fourth-order valence-electron chi connectivity index (χ4n) is 2.97. The molecule has 1 aliphatic heterocycles. The second kappa shape index (κ2) is 9.41. The second-order valence-corrected chi connectivity index (χ2v) is 8.80. The minimum Gasteiger partial charge on any atom is -0.357 e. The van der Waals surface area contributed by atoms with Crippen LogP contribution in [-0.2, 0) is 9.84 Å². The fourth-order valence-corrected chi connectivity index (χ4v) is 4.64. The van der Waals surface area contributed by atoms with E-state index in [1.54, 1.807) is 0 Å². The van der Waals surface area contributed by atoms with Gasteiger partial charge in [0, 0.05) is 31.2 Å². The summed E-state index contributed by atoms with van der Waals surface area (Å²) in [5, 5.41) is 6.47. The van der Waals surface area contributed by atoms with Crippen LogP contribution in [0, 0.1) is 0 Å². The van der Waals surface area contributed by atoms with E-state index in [9.17, 15) is 8.42 Å². The number of hydrogen-bond donors (Lipinski definition) is 2. The number of rotatable bonds is 7. The van der Waals surface area contributed by atoms with Crippen LogP contribution < -0.4 is 10.6 Å². The van der Waals surface area contributed by atoms with Crippen molar-refractivity contribution in [3.8, 4) is 0 Å². The Bertz CT molecular complexity index is 490. The summed E-state index contributed by atoms with van der Waals surface area (Å²) in [7, 11) is -2.86. The number of sulfone groups is 1. The molecule has 0 aromatic carbocycles. The van der Waals surface area contributed by atoms with Crippen LogP contribution in [0.1, 0.15) is 40.0 Å². The standard InChI is InChI=1S/C15H30N4O2S.HI/c1-4-16-15(18-13-7-10-22(20,21)11-13)17-8-9-19(12(2)3)14-5-6-14;/h12-14H,4-11H2,1-3H3,(H2,16,17,18);1H. The number of nitrogens with one attached hydrogen (secondary N) is 2. The molecule has 1 unspecified atom stereocenters. The van der Waals surface area contributed by atoms with E-state index in [0.29, 0.717) is 12.5 Å². The van der Waals surface area contributed by atoms with Gasteiger partial charge < -0.3 is 10.6 Å². The van der Waals surface area contributed by atoms with Crippen LogP contribution in [-0.4, -0.2) is 68.5 Å². The summed E-state index contributed by atoms with van der Waals surface area (Å²) in [6, 6.07) is 1.29.